The van der Waals surface area contributed by atoms with Crippen LogP contribution in [0.5, 0.6) is 46.0 Å². The van der Waals surface area contributed by atoms with Crippen LogP contribution < -0.4 is 30.4 Å². The minimum Gasteiger partial charge on any atom is -0.457 e. The fourth-order valence-corrected chi connectivity index (χ4v) is 9.29. The number of halogens is 20. The third-order valence-electron chi connectivity index (χ3n) is 13.3. The van der Waals surface area contributed by atoms with E-state index in [1.54, 1.807) is 0 Å². The molecule has 0 saturated carbocycles. The smallest absolute Gasteiger partial charge is 0.411 e. The van der Waals surface area contributed by atoms with E-state index >= 15 is 0 Å². The quantitative estimate of drug-likeness (QED) is 0.0364. The summed E-state index contributed by atoms with van der Waals surface area (Å²) in [5.41, 5.74) is -5.52. The van der Waals surface area contributed by atoms with Gasteiger partial charge >= 0.3 is 24.7 Å². The number of nitrogen functional groups attached to an aromatic ring is 2. The van der Waals surface area contributed by atoms with Crippen LogP contribution >= 0.6 is 0 Å². The Labute approximate surface area is 514 Å². The number of benzene rings is 8. The predicted molar refractivity (Wildman–Crippen MR) is 301 cm³/mol. The molecule has 0 fully saturated rings. The van der Waals surface area contributed by atoms with E-state index < -0.39 is 137 Å². The molecule has 0 aromatic heterocycles. The maximum Gasteiger partial charge on any atom is 0.411 e. The largest absolute Gasteiger partial charge is 0.457 e. The minimum atomic E-state index is -6.03. The molecule has 8 aromatic carbocycles. The number of non-ortho nitro benzene ring substituents is 2. The van der Waals surface area contributed by atoms with Gasteiger partial charge in [0.2, 0.25) is 10.8 Å². The molecule has 0 atom stereocenters. The van der Waals surface area contributed by atoms with Gasteiger partial charge in [-0.25, -0.2) is 0 Å². The van der Waals surface area contributed by atoms with Gasteiger partial charge in [-0.15, -0.1) is 0 Å². The van der Waals surface area contributed by atoms with Gasteiger partial charge in [0.05, 0.1) is 9.85 Å². The van der Waals surface area contributed by atoms with Gasteiger partial charge in [0.1, 0.15) is 46.0 Å². The molecule has 0 radical (unpaired) electrons. The Kier molecular flexibility index (Phi) is 20.8. The maximum absolute atomic E-state index is 14.6. The summed E-state index contributed by atoms with van der Waals surface area (Å²) >= 11 is 0. The lowest BCUT2D eigenvalue weighted by Crippen LogP contribution is -2.54. The number of nitrogens with zero attached hydrogens (tertiary/aromatic N) is 2. The number of anilines is 2. The van der Waals surface area contributed by atoms with Crippen molar-refractivity contribution in [3.8, 4) is 46.0 Å². The van der Waals surface area contributed by atoms with Gasteiger partial charge in [0, 0.05) is 82.2 Å². The highest BCUT2D eigenvalue weighted by atomic mass is 19.4. The maximum atomic E-state index is 14.6. The van der Waals surface area contributed by atoms with E-state index in [0.29, 0.717) is 97.1 Å². The zero-order chi connectivity index (χ0) is 69.5. The molecule has 4 N–H and O–H groups in total. The second-order valence-electron chi connectivity index (χ2n) is 19.3. The SMILES string of the molecule is Nc1ccc(Oc2ccc(C(c3ccc(Oc4ccc(N)cc4C=C(F)F)cc3)(C(F)(F)F)C(F)(F)F)cc2)c(C=C(F)F)c1.O=[N+]([O-])c1ccc(Oc2ccc(C(c3ccc(Oc4ccc([N+](=O)[O-])cc4C=C(F)F)cc3)(C(F)(F)F)C(F)(F)F)cc2)c(C=C(F)F)c1. The average molecular weight is 1340 g/mol. The van der Waals surface area contributed by atoms with Gasteiger partial charge in [0.25, 0.3) is 35.7 Å². The van der Waals surface area contributed by atoms with Gasteiger partial charge in [-0.2, -0.15) is 87.8 Å². The molecule has 492 valence electrons. The number of alkyl halides is 12. The fourth-order valence-electron chi connectivity index (χ4n) is 9.29. The highest BCUT2D eigenvalue weighted by molar-refractivity contribution is 5.67. The number of ether oxygens (including phenoxy) is 4. The molecule has 0 heterocycles. The Morgan fingerprint density at radius 2 is 0.521 bits per heavy atom. The first-order chi connectivity index (χ1) is 43.8. The van der Waals surface area contributed by atoms with Crippen molar-refractivity contribution < 1.29 is 117 Å². The van der Waals surface area contributed by atoms with Crippen molar-refractivity contribution in [2.24, 2.45) is 0 Å². The molecular weight excluding hydrogens is 1310 g/mol. The number of rotatable bonds is 18. The molecule has 0 saturated heterocycles. The summed E-state index contributed by atoms with van der Waals surface area (Å²) in [6.07, 6.45) is -31.4. The molecule has 0 unspecified atom stereocenters. The Balaban J connectivity index is 0.000000267. The van der Waals surface area contributed by atoms with Crippen LogP contribution in [-0.4, -0.2) is 34.6 Å². The van der Waals surface area contributed by atoms with E-state index in [9.17, 15) is 108 Å². The number of hydrogen-bond donors (Lipinski definition) is 2. The summed E-state index contributed by atoms with van der Waals surface area (Å²) < 4.78 is 300. The Morgan fingerprint density at radius 3 is 0.713 bits per heavy atom. The standard InChI is InChI=1S/C31H16F10N2O6.C31H20F10N2O2/c32-27(33)15-17-13-21(42(44)45)5-11-25(17)48-23-7-1-19(2-8-23)29(30(36,37)38,31(39,40)41)20-3-9-24(10-4-20)49-26-12-6-22(43(46)47)14-18(26)16-28(34)35;32-27(33)15-17-13-21(42)5-11-25(17)44-23-7-1-19(2-8-23)29(30(36,37)38,31(39,40)41)20-3-9-24(10-4-20)45-26-12-6-22(43)14-18(26)16-28(34)35/h1-16H;1-16H,42-43H2. The number of nitro groups is 2. The van der Waals surface area contributed by atoms with E-state index in [1.165, 1.54) is 24.3 Å². The molecule has 32 heteroatoms. The minimum absolute atomic E-state index is 0.0983. The summed E-state index contributed by atoms with van der Waals surface area (Å²) in [7, 11) is 0. The molecule has 0 aliphatic rings. The van der Waals surface area contributed by atoms with E-state index in [-0.39, 0.29) is 57.7 Å². The second kappa shape index (κ2) is 27.8. The van der Waals surface area contributed by atoms with E-state index in [1.807, 2.05) is 0 Å². The zero-order valence-electron chi connectivity index (χ0n) is 46.3. The molecular formula is C62H36F20N4O8. The summed E-state index contributed by atoms with van der Waals surface area (Å²) in [5, 5.41) is 22.0. The van der Waals surface area contributed by atoms with Gasteiger partial charge in [0.15, 0.2) is 0 Å². The van der Waals surface area contributed by atoms with Crippen LogP contribution in [0.2, 0.25) is 0 Å². The lowest BCUT2D eigenvalue weighted by atomic mass is 9.73. The van der Waals surface area contributed by atoms with Crippen molar-refractivity contribution in [3.05, 3.63) is 259 Å². The highest BCUT2D eigenvalue weighted by Gasteiger charge is 2.73. The third kappa shape index (κ3) is 15.8. The normalized spacial score (nSPS) is 11.9. The van der Waals surface area contributed by atoms with Crippen LogP contribution in [0.4, 0.5) is 111 Å². The van der Waals surface area contributed by atoms with Gasteiger partial charge < -0.3 is 30.4 Å². The number of nitro benzene ring substituents is 2. The van der Waals surface area contributed by atoms with E-state index in [4.69, 9.17) is 30.4 Å². The van der Waals surface area contributed by atoms with Crippen LogP contribution in [0.25, 0.3) is 24.3 Å². The van der Waals surface area contributed by atoms with Gasteiger partial charge in [-0.3, -0.25) is 20.2 Å². The fraction of sp³-hybridized carbons (Fsp3) is 0.0968. The van der Waals surface area contributed by atoms with Gasteiger partial charge in [-0.05, 0) is 119 Å². The van der Waals surface area contributed by atoms with Crippen molar-refractivity contribution in [2.45, 2.75) is 35.5 Å². The predicted octanol–water partition coefficient (Wildman–Crippen LogP) is 21.3. The van der Waals surface area contributed by atoms with Crippen LogP contribution in [-0.2, 0) is 10.8 Å². The first-order valence-electron chi connectivity index (χ1n) is 25.7. The van der Waals surface area contributed by atoms with Crippen molar-refractivity contribution >= 4 is 47.1 Å². The lowest BCUT2D eigenvalue weighted by Gasteiger charge is -2.38. The van der Waals surface area contributed by atoms with Gasteiger partial charge in [-0.1, -0.05) is 48.5 Å². The number of nitrogens with two attached hydrogens (primary N) is 2. The lowest BCUT2D eigenvalue weighted by molar-refractivity contribution is -0.385. The van der Waals surface area contributed by atoms with Crippen LogP contribution in [0.3, 0.4) is 0 Å². The van der Waals surface area contributed by atoms with Crippen molar-refractivity contribution in [1.29, 1.82) is 0 Å². The summed E-state index contributed by atoms with van der Waals surface area (Å²) in [6, 6.07) is 22.4. The summed E-state index contributed by atoms with van der Waals surface area (Å²) in [4.78, 5) is 20.3. The van der Waals surface area contributed by atoms with Crippen molar-refractivity contribution in [1.82, 2.24) is 0 Å². The molecule has 0 aliphatic carbocycles. The topological polar surface area (TPSA) is 175 Å². The molecule has 8 aromatic rings. The molecule has 0 aliphatic heterocycles. The van der Waals surface area contributed by atoms with Crippen LogP contribution in [0.1, 0.15) is 44.5 Å². The van der Waals surface area contributed by atoms with Crippen molar-refractivity contribution in [3.63, 3.8) is 0 Å². The first kappa shape index (κ1) is 70.4. The van der Waals surface area contributed by atoms with E-state index in [2.05, 4.69) is 0 Å². The first-order valence-corrected chi connectivity index (χ1v) is 25.7. The Hall–Kier alpha value is -11.1. The summed E-state index contributed by atoms with van der Waals surface area (Å²) in [5.74, 6) is -2.56. The summed E-state index contributed by atoms with van der Waals surface area (Å²) in [6.45, 7) is 0. The molecule has 0 bridgehead atoms. The second-order valence-corrected chi connectivity index (χ2v) is 19.3. The van der Waals surface area contributed by atoms with Crippen LogP contribution in [0, 0.1) is 20.2 Å². The monoisotopic (exact) mass is 1340 g/mol. The highest BCUT2D eigenvalue weighted by Crippen LogP contribution is 2.58. The van der Waals surface area contributed by atoms with Crippen molar-refractivity contribution in [2.75, 3.05) is 11.5 Å². The third-order valence-corrected chi connectivity index (χ3v) is 13.3. The molecule has 0 amide bonds. The number of hydrogen-bond acceptors (Lipinski definition) is 10. The molecule has 8 rings (SSSR count). The molecule has 0 spiro atoms. The Bertz CT molecular complexity index is 3920. The molecule has 94 heavy (non-hydrogen) atoms. The van der Waals surface area contributed by atoms with Crippen LogP contribution in [0.15, 0.2) is 194 Å². The average Bonchev–Trinajstić information content (AvgIpc) is 0.725. The Morgan fingerprint density at radius 1 is 0.319 bits per heavy atom. The van der Waals surface area contributed by atoms with E-state index in [0.717, 1.165) is 60.7 Å². The molecule has 12 nitrogen and oxygen atoms in total. The zero-order valence-corrected chi connectivity index (χ0v) is 46.3.